The Hall–Kier alpha value is -3.22. The summed E-state index contributed by atoms with van der Waals surface area (Å²) in [6.45, 7) is 0. The minimum Gasteiger partial charge on any atom is -0.416 e. The van der Waals surface area contributed by atoms with Crippen molar-refractivity contribution in [2.75, 3.05) is 5.73 Å². The van der Waals surface area contributed by atoms with Gasteiger partial charge in [-0.05, 0) is 36.4 Å². The van der Waals surface area contributed by atoms with E-state index < -0.39 is 4.92 Å². The molecule has 0 spiro atoms. The van der Waals surface area contributed by atoms with Crippen LogP contribution in [-0.2, 0) is 0 Å². The Morgan fingerprint density at radius 1 is 0.905 bits per heavy atom. The molecule has 0 amide bonds. The summed E-state index contributed by atoms with van der Waals surface area (Å²) in [5.74, 6) is 0.667. The molecule has 0 aliphatic carbocycles. The van der Waals surface area contributed by atoms with E-state index in [9.17, 15) is 10.1 Å². The smallest absolute Gasteiger partial charge is 0.269 e. The molecular formula is C14H10N4O3. The molecule has 0 aliphatic heterocycles. The number of hydrogen-bond donors (Lipinski definition) is 1. The molecule has 104 valence electrons. The van der Waals surface area contributed by atoms with Crippen molar-refractivity contribution in [2.24, 2.45) is 0 Å². The molecule has 0 saturated heterocycles. The highest BCUT2D eigenvalue weighted by Gasteiger charge is 2.12. The predicted molar refractivity (Wildman–Crippen MR) is 76.2 cm³/mol. The van der Waals surface area contributed by atoms with Crippen molar-refractivity contribution in [3.05, 3.63) is 58.6 Å². The Morgan fingerprint density at radius 3 is 1.86 bits per heavy atom. The number of benzene rings is 2. The monoisotopic (exact) mass is 282 g/mol. The van der Waals surface area contributed by atoms with Crippen LogP contribution in [0, 0.1) is 10.1 Å². The van der Waals surface area contributed by atoms with Crippen molar-refractivity contribution in [3.63, 3.8) is 0 Å². The van der Waals surface area contributed by atoms with Crippen LogP contribution < -0.4 is 5.73 Å². The molecule has 7 nitrogen and oxygen atoms in total. The molecule has 2 aromatic carbocycles. The molecule has 0 unspecified atom stereocenters. The number of aromatic nitrogens is 2. The Bertz CT molecular complexity index is 779. The van der Waals surface area contributed by atoms with Gasteiger partial charge < -0.3 is 10.2 Å². The Balaban J connectivity index is 1.90. The molecule has 1 aromatic heterocycles. The fourth-order valence-electron chi connectivity index (χ4n) is 1.81. The summed E-state index contributed by atoms with van der Waals surface area (Å²) >= 11 is 0. The largest absolute Gasteiger partial charge is 0.416 e. The molecule has 3 rings (SSSR count). The fraction of sp³-hybridized carbons (Fsp3) is 0. The Labute approximate surface area is 119 Å². The number of rotatable bonds is 3. The topological polar surface area (TPSA) is 108 Å². The van der Waals surface area contributed by atoms with Crippen LogP contribution in [0.3, 0.4) is 0 Å². The third-order valence-corrected chi connectivity index (χ3v) is 2.91. The second-order valence-corrected chi connectivity index (χ2v) is 4.34. The second kappa shape index (κ2) is 5.04. The molecular weight excluding hydrogens is 272 g/mol. The van der Waals surface area contributed by atoms with Crippen LogP contribution in [0.4, 0.5) is 11.4 Å². The van der Waals surface area contributed by atoms with Crippen LogP contribution in [0.25, 0.3) is 22.9 Å². The van der Waals surface area contributed by atoms with Gasteiger partial charge in [-0.3, -0.25) is 10.1 Å². The quantitative estimate of drug-likeness (QED) is 0.449. The van der Waals surface area contributed by atoms with E-state index >= 15 is 0 Å². The maximum atomic E-state index is 10.6. The molecule has 0 fully saturated rings. The minimum absolute atomic E-state index is 0.0111. The fourth-order valence-corrected chi connectivity index (χ4v) is 1.81. The minimum atomic E-state index is -0.461. The lowest BCUT2D eigenvalue weighted by Gasteiger charge is -1.96. The first-order valence-corrected chi connectivity index (χ1v) is 6.08. The molecule has 0 aliphatic rings. The number of nitrogens with zero attached hydrogens (tertiary/aromatic N) is 3. The third kappa shape index (κ3) is 2.57. The van der Waals surface area contributed by atoms with Crippen molar-refractivity contribution in [3.8, 4) is 22.9 Å². The lowest BCUT2D eigenvalue weighted by Crippen LogP contribution is -1.87. The zero-order valence-corrected chi connectivity index (χ0v) is 10.8. The van der Waals surface area contributed by atoms with E-state index in [1.807, 2.05) is 0 Å². The highest BCUT2D eigenvalue weighted by molar-refractivity contribution is 5.60. The highest BCUT2D eigenvalue weighted by atomic mass is 16.6. The van der Waals surface area contributed by atoms with Gasteiger partial charge in [0, 0.05) is 28.9 Å². The molecule has 0 atom stereocenters. The van der Waals surface area contributed by atoms with Gasteiger partial charge in [0.1, 0.15) is 0 Å². The van der Waals surface area contributed by atoms with Gasteiger partial charge >= 0.3 is 0 Å². The van der Waals surface area contributed by atoms with Gasteiger partial charge in [0.05, 0.1) is 4.92 Å². The molecule has 2 N–H and O–H groups in total. The van der Waals surface area contributed by atoms with Crippen LogP contribution in [0.5, 0.6) is 0 Å². The molecule has 0 saturated carbocycles. The first-order chi connectivity index (χ1) is 10.1. The summed E-state index contributed by atoms with van der Waals surface area (Å²) in [6, 6.07) is 13.0. The standard InChI is InChI=1S/C14H10N4O3/c15-11-5-1-9(2-6-11)13-16-17-14(21-13)10-3-7-12(8-4-10)18(19)20/h1-8H,15H2. The van der Waals surface area contributed by atoms with Gasteiger partial charge in [-0.15, -0.1) is 10.2 Å². The summed E-state index contributed by atoms with van der Waals surface area (Å²) in [5, 5.41) is 18.5. The van der Waals surface area contributed by atoms with Crippen molar-refractivity contribution >= 4 is 11.4 Å². The number of nitro groups is 1. The summed E-state index contributed by atoms with van der Waals surface area (Å²) in [7, 11) is 0. The van der Waals surface area contributed by atoms with Crippen molar-refractivity contribution in [1.29, 1.82) is 0 Å². The first-order valence-electron chi connectivity index (χ1n) is 6.08. The van der Waals surface area contributed by atoms with Crippen LogP contribution in [0.1, 0.15) is 0 Å². The van der Waals surface area contributed by atoms with Gasteiger partial charge in [-0.25, -0.2) is 0 Å². The van der Waals surface area contributed by atoms with E-state index in [1.165, 1.54) is 12.1 Å². The predicted octanol–water partition coefficient (Wildman–Crippen LogP) is 2.89. The average molecular weight is 282 g/mol. The van der Waals surface area contributed by atoms with Crippen molar-refractivity contribution < 1.29 is 9.34 Å². The van der Waals surface area contributed by atoms with Crippen LogP contribution >= 0.6 is 0 Å². The van der Waals surface area contributed by atoms with E-state index in [4.69, 9.17) is 10.2 Å². The van der Waals surface area contributed by atoms with E-state index in [-0.39, 0.29) is 5.69 Å². The number of nitro benzene ring substituents is 1. The number of non-ortho nitro benzene ring substituents is 1. The zero-order valence-electron chi connectivity index (χ0n) is 10.8. The maximum Gasteiger partial charge on any atom is 0.269 e. The lowest BCUT2D eigenvalue weighted by molar-refractivity contribution is -0.384. The normalized spacial score (nSPS) is 10.5. The third-order valence-electron chi connectivity index (χ3n) is 2.91. The van der Waals surface area contributed by atoms with Gasteiger partial charge in [-0.2, -0.15) is 0 Å². The van der Waals surface area contributed by atoms with Gasteiger partial charge in [0.2, 0.25) is 11.8 Å². The Kier molecular flexibility index (Phi) is 3.07. The molecule has 0 radical (unpaired) electrons. The van der Waals surface area contributed by atoms with Crippen LogP contribution in [0.2, 0.25) is 0 Å². The van der Waals surface area contributed by atoms with Gasteiger partial charge in [-0.1, -0.05) is 0 Å². The summed E-state index contributed by atoms with van der Waals surface area (Å²) in [5.41, 5.74) is 7.65. The summed E-state index contributed by atoms with van der Waals surface area (Å²) in [6.07, 6.45) is 0. The van der Waals surface area contributed by atoms with Crippen molar-refractivity contribution in [1.82, 2.24) is 10.2 Å². The van der Waals surface area contributed by atoms with Gasteiger partial charge in [0.15, 0.2) is 0 Å². The zero-order chi connectivity index (χ0) is 14.8. The average Bonchev–Trinajstić information content (AvgIpc) is 2.98. The first kappa shape index (κ1) is 12.8. The Morgan fingerprint density at radius 2 is 1.38 bits per heavy atom. The van der Waals surface area contributed by atoms with E-state index in [1.54, 1.807) is 36.4 Å². The summed E-state index contributed by atoms with van der Waals surface area (Å²) in [4.78, 5) is 10.1. The van der Waals surface area contributed by atoms with Crippen LogP contribution in [-0.4, -0.2) is 15.1 Å². The SMILES string of the molecule is Nc1ccc(-c2nnc(-c3ccc([N+](=O)[O-])cc3)o2)cc1. The molecule has 1 heterocycles. The van der Waals surface area contributed by atoms with E-state index in [0.717, 1.165) is 5.56 Å². The molecule has 3 aromatic rings. The van der Waals surface area contributed by atoms with E-state index in [2.05, 4.69) is 10.2 Å². The molecule has 7 heteroatoms. The molecule has 0 bridgehead atoms. The number of anilines is 1. The molecule has 21 heavy (non-hydrogen) atoms. The van der Waals surface area contributed by atoms with Gasteiger partial charge in [0.25, 0.3) is 5.69 Å². The number of hydrogen-bond acceptors (Lipinski definition) is 6. The number of nitrogen functional groups attached to an aromatic ring is 1. The van der Waals surface area contributed by atoms with Crippen molar-refractivity contribution in [2.45, 2.75) is 0 Å². The maximum absolute atomic E-state index is 10.6. The number of nitrogens with two attached hydrogens (primary N) is 1. The lowest BCUT2D eigenvalue weighted by atomic mass is 10.2. The summed E-state index contributed by atoms with van der Waals surface area (Å²) < 4.78 is 5.56. The van der Waals surface area contributed by atoms with Crippen LogP contribution in [0.15, 0.2) is 52.9 Å². The van der Waals surface area contributed by atoms with E-state index in [0.29, 0.717) is 23.0 Å². The second-order valence-electron chi connectivity index (χ2n) is 4.34. The highest BCUT2D eigenvalue weighted by Crippen LogP contribution is 2.25.